The van der Waals surface area contributed by atoms with Gasteiger partial charge in [0.15, 0.2) is 5.75 Å². The summed E-state index contributed by atoms with van der Waals surface area (Å²) in [6.07, 6.45) is -4.63. The highest BCUT2D eigenvalue weighted by molar-refractivity contribution is 7.17. The van der Waals surface area contributed by atoms with E-state index in [-0.39, 0.29) is 15.4 Å². The van der Waals surface area contributed by atoms with Crippen molar-refractivity contribution in [2.24, 2.45) is 0 Å². The topological polar surface area (TPSA) is 82.2 Å². The highest BCUT2D eigenvalue weighted by atomic mass is 35.5. The number of aromatic nitrogens is 1. The van der Waals surface area contributed by atoms with Crippen molar-refractivity contribution in [1.82, 2.24) is 4.98 Å². The molecule has 3 N–H and O–H groups in total. The van der Waals surface area contributed by atoms with E-state index in [0.717, 1.165) is 23.5 Å². The summed E-state index contributed by atoms with van der Waals surface area (Å²) in [5, 5.41) is 13.7. The van der Waals surface area contributed by atoms with Crippen LogP contribution in [0.15, 0.2) is 34.4 Å². The lowest BCUT2D eigenvalue weighted by Gasteiger charge is -2.12. The fraction of sp³-hybridized carbons (Fsp3) is 0.0667. The third-order valence-corrected chi connectivity index (χ3v) is 4.61. The maximum atomic E-state index is 12.8. The molecule has 3 rings (SSSR count). The number of hydrogen-bond donors (Lipinski definition) is 3. The van der Waals surface area contributed by atoms with Crippen LogP contribution in [-0.4, -0.2) is 16.0 Å². The molecule has 130 valence electrons. The molecule has 0 bridgehead atoms. The van der Waals surface area contributed by atoms with Crippen LogP contribution in [0.2, 0.25) is 5.02 Å². The number of anilines is 1. The van der Waals surface area contributed by atoms with Crippen LogP contribution in [0.5, 0.6) is 5.75 Å². The second-order valence-corrected chi connectivity index (χ2v) is 6.31. The van der Waals surface area contributed by atoms with E-state index in [0.29, 0.717) is 11.6 Å². The van der Waals surface area contributed by atoms with Crippen LogP contribution in [0.3, 0.4) is 0 Å². The van der Waals surface area contributed by atoms with Crippen LogP contribution >= 0.6 is 22.9 Å². The fourth-order valence-corrected chi connectivity index (χ4v) is 3.15. The second-order valence-electron chi connectivity index (χ2n) is 4.99. The Morgan fingerprint density at radius 3 is 2.68 bits per heavy atom. The molecule has 0 aliphatic rings. The number of aromatic hydroxyl groups is 1. The van der Waals surface area contributed by atoms with Gasteiger partial charge in [-0.1, -0.05) is 11.6 Å². The number of carbonyl (C=O) groups is 1. The molecule has 2 heterocycles. The molecule has 2 aromatic heterocycles. The van der Waals surface area contributed by atoms with Gasteiger partial charge in [-0.15, -0.1) is 11.3 Å². The van der Waals surface area contributed by atoms with E-state index in [9.17, 15) is 27.9 Å². The number of alkyl halides is 3. The lowest BCUT2D eigenvalue weighted by atomic mass is 10.1. The average Bonchev–Trinajstić information content (AvgIpc) is 2.96. The number of carbonyl (C=O) groups excluding carboxylic acids is 1. The molecule has 0 radical (unpaired) electrons. The van der Waals surface area contributed by atoms with Crippen molar-refractivity contribution in [1.29, 1.82) is 0 Å². The Kier molecular flexibility index (Phi) is 4.21. The maximum Gasteiger partial charge on any atom is 0.416 e. The molecule has 0 saturated carbocycles. The van der Waals surface area contributed by atoms with Gasteiger partial charge in [0.05, 0.1) is 26.5 Å². The molecule has 0 spiro atoms. The first-order valence-corrected chi connectivity index (χ1v) is 7.95. The summed E-state index contributed by atoms with van der Waals surface area (Å²) in [7, 11) is 0. The number of fused-ring (bicyclic) bond motifs is 1. The maximum absolute atomic E-state index is 12.8. The SMILES string of the molecule is O=C(Nc1cc(C(F)(F)F)ccc1Cl)c1c(O)c2sccc2[nH]c1=O. The molecule has 5 nitrogen and oxygen atoms in total. The Morgan fingerprint density at radius 2 is 2.00 bits per heavy atom. The van der Waals surface area contributed by atoms with Crippen molar-refractivity contribution in [3.63, 3.8) is 0 Å². The van der Waals surface area contributed by atoms with Crippen LogP contribution in [-0.2, 0) is 6.18 Å². The normalized spacial score (nSPS) is 11.7. The Bertz CT molecular complexity index is 1040. The number of rotatable bonds is 2. The standard InChI is InChI=1S/C15H8ClF3N2O3S/c16-7-2-1-6(15(17,18)19)5-9(7)21-14(24)10-11(22)12-8(3-4-25-12)20-13(10)23/h1-5H,(H,21,24)(H2,20,22,23). The van der Waals surface area contributed by atoms with Crippen molar-refractivity contribution >= 4 is 44.7 Å². The van der Waals surface area contributed by atoms with Gasteiger partial charge in [0.1, 0.15) is 5.56 Å². The molecule has 25 heavy (non-hydrogen) atoms. The lowest BCUT2D eigenvalue weighted by molar-refractivity contribution is -0.137. The molecule has 0 fully saturated rings. The second kappa shape index (κ2) is 6.08. The molecular weight excluding hydrogens is 381 g/mol. The number of thiophene rings is 1. The predicted molar refractivity (Wildman–Crippen MR) is 88.5 cm³/mol. The first-order chi connectivity index (χ1) is 11.7. The number of aromatic amines is 1. The lowest BCUT2D eigenvalue weighted by Crippen LogP contribution is -2.23. The zero-order chi connectivity index (χ0) is 18.4. The molecule has 0 aliphatic heterocycles. The van der Waals surface area contributed by atoms with Gasteiger partial charge < -0.3 is 15.4 Å². The molecule has 0 aliphatic carbocycles. The summed E-state index contributed by atoms with van der Waals surface area (Å²) < 4.78 is 38.6. The first kappa shape index (κ1) is 17.3. The van der Waals surface area contributed by atoms with Crippen molar-refractivity contribution in [3.8, 4) is 5.75 Å². The zero-order valence-corrected chi connectivity index (χ0v) is 13.6. The van der Waals surface area contributed by atoms with Crippen molar-refractivity contribution in [2.75, 3.05) is 5.32 Å². The zero-order valence-electron chi connectivity index (χ0n) is 12.1. The van der Waals surface area contributed by atoms with Gasteiger partial charge in [0.25, 0.3) is 11.5 Å². The van der Waals surface area contributed by atoms with E-state index in [1.54, 1.807) is 11.4 Å². The number of amides is 1. The van der Waals surface area contributed by atoms with E-state index >= 15 is 0 Å². The van der Waals surface area contributed by atoms with Crippen LogP contribution in [0, 0.1) is 0 Å². The van der Waals surface area contributed by atoms with Crippen LogP contribution < -0.4 is 10.9 Å². The summed E-state index contributed by atoms with van der Waals surface area (Å²) in [5.41, 5.74) is -2.47. The highest BCUT2D eigenvalue weighted by Crippen LogP contribution is 2.34. The smallest absolute Gasteiger partial charge is 0.416 e. The summed E-state index contributed by atoms with van der Waals surface area (Å²) in [6, 6.07) is 3.94. The van der Waals surface area contributed by atoms with E-state index < -0.39 is 34.5 Å². The van der Waals surface area contributed by atoms with Gasteiger partial charge in [0, 0.05) is 0 Å². The van der Waals surface area contributed by atoms with Crippen LogP contribution in [0.25, 0.3) is 10.2 Å². The van der Waals surface area contributed by atoms with E-state index in [1.165, 1.54) is 0 Å². The van der Waals surface area contributed by atoms with E-state index in [1.807, 2.05) is 0 Å². The number of halogens is 4. The molecule has 0 atom stereocenters. The van der Waals surface area contributed by atoms with Crippen molar-refractivity contribution < 1.29 is 23.1 Å². The molecule has 10 heteroatoms. The van der Waals surface area contributed by atoms with Crippen LogP contribution in [0.4, 0.5) is 18.9 Å². The van der Waals surface area contributed by atoms with E-state index in [2.05, 4.69) is 10.3 Å². The summed E-state index contributed by atoms with van der Waals surface area (Å²) >= 11 is 6.90. The van der Waals surface area contributed by atoms with Gasteiger partial charge >= 0.3 is 6.18 Å². The molecule has 1 amide bonds. The van der Waals surface area contributed by atoms with Crippen LogP contribution in [0.1, 0.15) is 15.9 Å². The third-order valence-electron chi connectivity index (χ3n) is 3.36. The largest absolute Gasteiger partial charge is 0.505 e. The molecule has 3 aromatic rings. The number of H-pyrrole nitrogens is 1. The Labute approximate surface area is 146 Å². The fourth-order valence-electron chi connectivity index (χ4n) is 2.19. The highest BCUT2D eigenvalue weighted by Gasteiger charge is 2.31. The van der Waals surface area contributed by atoms with Gasteiger partial charge in [-0.05, 0) is 29.6 Å². The number of benzene rings is 1. The van der Waals surface area contributed by atoms with Crippen molar-refractivity contribution in [3.05, 3.63) is 56.1 Å². The predicted octanol–water partition coefficient (Wildman–Crippen LogP) is 4.22. The number of pyridine rings is 1. The summed E-state index contributed by atoms with van der Waals surface area (Å²) in [5.74, 6) is -1.62. The summed E-state index contributed by atoms with van der Waals surface area (Å²) in [6.45, 7) is 0. The van der Waals surface area contributed by atoms with Gasteiger partial charge in [-0.2, -0.15) is 13.2 Å². The summed E-state index contributed by atoms with van der Waals surface area (Å²) in [4.78, 5) is 26.7. The molecule has 0 saturated heterocycles. The average molecular weight is 389 g/mol. The number of hydrogen-bond acceptors (Lipinski definition) is 4. The molecule has 1 aromatic carbocycles. The minimum Gasteiger partial charge on any atom is -0.505 e. The quantitative estimate of drug-likeness (QED) is 0.614. The third kappa shape index (κ3) is 3.20. The van der Waals surface area contributed by atoms with Gasteiger partial charge in [0.2, 0.25) is 0 Å². The first-order valence-electron chi connectivity index (χ1n) is 6.69. The van der Waals surface area contributed by atoms with Gasteiger partial charge in [-0.3, -0.25) is 9.59 Å². The molecule has 0 unspecified atom stereocenters. The van der Waals surface area contributed by atoms with Gasteiger partial charge in [-0.25, -0.2) is 0 Å². The minimum absolute atomic E-state index is 0.144. The molecular formula is C15H8ClF3N2O3S. The van der Waals surface area contributed by atoms with E-state index in [4.69, 9.17) is 11.6 Å². The Morgan fingerprint density at radius 1 is 1.28 bits per heavy atom. The van der Waals surface area contributed by atoms with Crippen molar-refractivity contribution in [2.45, 2.75) is 6.18 Å². The number of nitrogens with one attached hydrogen (secondary N) is 2. The Hall–Kier alpha value is -2.52. The Balaban J connectivity index is 2.02. The monoisotopic (exact) mass is 388 g/mol. The minimum atomic E-state index is -4.63.